The molecule has 4 nitrogen and oxygen atoms in total. The Balaban J connectivity index is 2.22. The third-order valence-corrected chi connectivity index (χ3v) is 3.71. The summed E-state index contributed by atoms with van der Waals surface area (Å²) in [6.45, 7) is 4.93. The largest absolute Gasteiger partial charge is 0.496 e. The molecule has 0 unspecified atom stereocenters. The minimum absolute atomic E-state index is 0.428. The molecule has 0 saturated carbocycles. The second-order valence-corrected chi connectivity index (χ2v) is 5.88. The third-order valence-electron chi connectivity index (χ3n) is 2.52. The molecule has 0 aliphatic heterocycles. The van der Waals surface area contributed by atoms with Crippen molar-refractivity contribution in [2.24, 2.45) is 0 Å². The number of benzene rings is 1. The van der Waals surface area contributed by atoms with E-state index in [9.17, 15) is 0 Å². The minimum Gasteiger partial charge on any atom is -0.496 e. The second-order valence-electron chi connectivity index (χ2n) is 4.38. The van der Waals surface area contributed by atoms with Crippen LogP contribution in [0.4, 0.5) is 0 Å². The van der Waals surface area contributed by atoms with Crippen molar-refractivity contribution >= 4 is 22.9 Å². The number of rotatable bonds is 5. The zero-order valence-electron chi connectivity index (χ0n) is 11.1. The van der Waals surface area contributed by atoms with E-state index in [2.05, 4.69) is 29.4 Å². The van der Waals surface area contributed by atoms with Gasteiger partial charge in [0, 0.05) is 17.6 Å². The molecule has 1 aromatic heterocycles. The van der Waals surface area contributed by atoms with Gasteiger partial charge in [-0.2, -0.15) is 0 Å². The average molecular weight is 298 g/mol. The van der Waals surface area contributed by atoms with Crippen LogP contribution in [0, 0.1) is 0 Å². The van der Waals surface area contributed by atoms with Gasteiger partial charge >= 0.3 is 0 Å². The fourth-order valence-electron chi connectivity index (χ4n) is 1.57. The first-order valence-electron chi connectivity index (χ1n) is 6.00. The average Bonchev–Trinajstić information content (AvgIpc) is 2.84. The molecule has 0 aliphatic carbocycles. The van der Waals surface area contributed by atoms with Gasteiger partial charge in [-0.15, -0.1) is 10.2 Å². The van der Waals surface area contributed by atoms with Crippen LogP contribution >= 0.6 is 22.9 Å². The second kappa shape index (κ2) is 6.32. The zero-order valence-corrected chi connectivity index (χ0v) is 12.7. The van der Waals surface area contributed by atoms with Crippen LogP contribution in [0.2, 0.25) is 5.02 Å². The number of methoxy groups -OCH3 is 1. The summed E-state index contributed by atoms with van der Waals surface area (Å²) in [7, 11) is 1.62. The van der Waals surface area contributed by atoms with E-state index in [0.717, 1.165) is 22.1 Å². The van der Waals surface area contributed by atoms with Crippen molar-refractivity contribution in [1.29, 1.82) is 0 Å². The lowest BCUT2D eigenvalue weighted by atomic mass is 10.2. The zero-order chi connectivity index (χ0) is 13.8. The van der Waals surface area contributed by atoms with Crippen LogP contribution in [0.5, 0.6) is 5.75 Å². The highest BCUT2D eigenvalue weighted by Crippen LogP contribution is 2.33. The van der Waals surface area contributed by atoms with Crippen LogP contribution in [0.25, 0.3) is 10.6 Å². The molecular formula is C13H16ClN3OS. The number of aromatic nitrogens is 2. The molecule has 0 bridgehead atoms. The van der Waals surface area contributed by atoms with E-state index in [1.807, 2.05) is 12.1 Å². The lowest BCUT2D eigenvalue weighted by Gasteiger charge is -2.05. The van der Waals surface area contributed by atoms with E-state index in [-0.39, 0.29) is 0 Å². The van der Waals surface area contributed by atoms with Gasteiger partial charge in [0.15, 0.2) is 5.01 Å². The smallest absolute Gasteiger partial charge is 0.151 e. The predicted octanol–water partition coefficient (Wildman–Crippen LogP) is 3.37. The Labute approximate surface area is 121 Å². The first-order valence-corrected chi connectivity index (χ1v) is 7.19. The van der Waals surface area contributed by atoms with Crippen molar-refractivity contribution < 1.29 is 4.74 Å². The van der Waals surface area contributed by atoms with Crippen molar-refractivity contribution in [1.82, 2.24) is 15.5 Å². The van der Waals surface area contributed by atoms with Crippen LogP contribution in [0.3, 0.4) is 0 Å². The highest BCUT2D eigenvalue weighted by molar-refractivity contribution is 7.14. The molecule has 6 heteroatoms. The molecule has 19 heavy (non-hydrogen) atoms. The third kappa shape index (κ3) is 3.65. The van der Waals surface area contributed by atoms with Gasteiger partial charge in [0.25, 0.3) is 0 Å². The molecule has 2 aromatic rings. The molecule has 1 heterocycles. The van der Waals surface area contributed by atoms with Crippen LogP contribution in [0.1, 0.15) is 18.9 Å². The summed E-state index contributed by atoms with van der Waals surface area (Å²) in [6.07, 6.45) is 0. The molecule has 2 rings (SSSR count). The number of nitrogens with one attached hydrogen (secondary N) is 1. The van der Waals surface area contributed by atoms with Gasteiger partial charge in [-0.3, -0.25) is 0 Å². The van der Waals surface area contributed by atoms with E-state index in [0.29, 0.717) is 16.8 Å². The topological polar surface area (TPSA) is 47.0 Å². The van der Waals surface area contributed by atoms with Gasteiger partial charge < -0.3 is 10.1 Å². The highest BCUT2D eigenvalue weighted by Gasteiger charge is 2.12. The van der Waals surface area contributed by atoms with E-state index in [1.54, 1.807) is 24.5 Å². The van der Waals surface area contributed by atoms with Crippen LogP contribution in [-0.4, -0.2) is 23.3 Å². The van der Waals surface area contributed by atoms with Crippen molar-refractivity contribution in [3.63, 3.8) is 0 Å². The minimum atomic E-state index is 0.428. The van der Waals surface area contributed by atoms with Crippen LogP contribution < -0.4 is 10.1 Å². The molecule has 0 spiro atoms. The Bertz CT molecular complexity index is 557. The van der Waals surface area contributed by atoms with Gasteiger partial charge in [-0.1, -0.05) is 36.8 Å². The number of hydrogen-bond acceptors (Lipinski definition) is 5. The van der Waals surface area contributed by atoms with Crippen molar-refractivity contribution in [3.8, 4) is 16.3 Å². The number of halogens is 1. The first-order chi connectivity index (χ1) is 9.10. The summed E-state index contributed by atoms with van der Waals surface area (Å²) in [5, 5.41) is 14.2. The standard InChI is InChI=1S/C13H16ClN3OS/c1-8(2)15-7-12-16-17-13(19-12)10-5-4-9(14)6-11(10)18-3/h4-6,8,15H,7H2,1-3H3. The normalized spacial score (nSPS) is 11.0. The molecule has 0 atom stereocenters. The molecule has 102 valence electrons. The summed E-state index contributed by atoms with van der Waals surface area (Å²) in [6, 6.07) is 5.94. The molecule has 0 amide bonds. The molecular weight excluding hydrogens is 282 g/mol. The number of hydrogen-bond donors (Lipinski definition) is 1. The summed E-state index contributed by atoms with van der Waals surface area (Å²) in [4.78, 5) is 0. The molecule has 1 N–H and O–H groups in total. The number of ether oxygens (including phenoxy) is 1. The maximum atomic E-state index is 5.95. The Morgan fingerprint density at radius 2 is 2.16 bits per heavy atom. The lowest BCUT2D eigenvalue weighted by molar-refractivity contribution is 0.416. The monoisotopic (exact) mass is 297 g/mol. The summed E-state index contributed by atoms with van der Waals surface area (Å²) in [5.41, 5.74) is 0.917. The Hall–Kier alpha value is -1.17. The van der Waals surface area contributed by atoms with Gasteiger partial charge in [-0.05, 0) is 18.2 Å². The Morgan fingerprint density at radius 3 is 2.84 bits per heavy atom. The van der Waals surface area contributed by atoms with Crippen molar-refractivity contribution in [2.45, 2.75) is 26.4 Å². The quantitative estimate of drug-likeness (QED) is 0.919. The molecule has 1 aromatic carbocycles. The maximum Gasteiger partial charge on any atom is 0.151 e. The first kappa shape index (κ1) is 14.2. The molecule has 0 aliphatic rings. The van der Waals surface area contributed by atoms with Crippen molar-refractivity contribution in [3.05, 3.63) is 28.2 Å². The van der Waals surface area contributed by atoms with Crippen LogP contribution in [0.15, 0.2) is 18.2 Å². The van der Waals surface area contributed by atoms with E-state index in [4.69, 9.17) is 16.3 Å². The number of nitrogens with zero attached hydrogens (tertiary/aromatic N) is 2. The summed E-state index contributed by atoms with van der Waals surface area (Å²) in [5.74, 6) is 0.715. The fourth-order valence-corrected chi connectivity index (χ4v) is 2.55. The Morgan fingerprint density at radius 1 is 1.37 bits per heavy atom. The lowest BCUT2D eigenvalue weighted by Crippen LogP contribution is -2.21. The maximum absolute atomic E-state index is 5.95. The van der Waals surface area contributed by atoms with Crippen molar-refractivity contribution in [2.75, 3.05) is 7.11 Å². The summed E-state index contributed by atoms with van der Waals surface area (Å²) < 4.78 is 5.33. The highest BCUT2D eigenvalue weighted by atomic mass is 35.5. The molecule has 0 radical (unpaired) electrons. The predicted molar refractivity (Wildman–Crippen MR) is 78.9 cm³/mol. The molecule has 0 saturated heterocycles. The van der Waals surface area contributed by atoms with Crippen LogP contribution in [-0.2, 0) is 6.54 Å². The SMILES string of the molecule is COc1cc(Cl)ccc1-c1nnc(CNC(C)C)s1. The van der Waals surface area contributed by atoms with Gasteiger partial charge in [0.2, 0.25) is 0 Å². The Kier molecular flexibility index (Phi) is 4.74. The fraction of sp³-hybridized carbons (Fsp3) is 0.385. The van der Waals surface area contributed by atoms with Gasteiger partial charge in [0.1, 0.15) is 10.8 Å². The van der Waals surface area contributed by atoms with Gasteiger partial charge in [-0.25, -0.2) is 0 Å². The van der Waals surface area contributed by atoms with Gasteiger partial charge in [0.05, 0.1) is 12.7 Å². The summed E-state index contributed by atoms with van der Waals surface area (Å²) >= 11 is 7.51. The van der Waals surface area contributed by atoms with E-state index < -0.39 is 0 Å². The molecule has 0 fully saturated rings. The van der Waals surface area contributed by atoms with E-state index >= 15 is 0 Å². The van der Waals surface area contributed by atoms with E-state index in [1.165, 1.54) is 0 Å².